The van der Waals surface area contributed by atoms with Crippen LogP contribution in [0.25, 0.3) is 10.9 Å². The van der Waals surface area contributed by atoms with Crippen molar-refractivity contribution in [3.63, 3.8) is 0 Å². The number of carbonyl (C=O) groups excluding carboxylic acids is 1. The van der Waals surface area contributed by atoms with Crippen LogP contribution in [0.2, 0.25) is 10.0 Å². The molecule has 0 radical (unpaired) electrons. The Hall–Kier alpha value is -2.26. The lowest BCUT2D eigenvalue weighted by Crippen LogP contribution is -2.22. The highest BCUT2D eigenvalue weighted by atomic mass is 35.5. The second kappa shape index (κ2) is 7.40. The number of benzene rings is 1. The quantitative estimate of drug-likeness (QED) is 0.473. The predicted octanol–water partition coefficient (Wildman–Crippen LogP) is 3.64. The Bertz CT molecular complexity index is 1140. The molecule has 0 saturated carbocycles. The highest BCUT2D eigenvalue weighted by Gasteiger charge is 2.28. The molecule has 3 aromatic rings. The Morgan fingerprint density at radius 2 is 1.89 bits per heavy atom. The number of nitrogens with one attached hydrogen (secondary N) is 1. The number of halogens is 2. The van der Waals surface area contributed by atoms with Gasteiger partial charge in [-0.1, -0.05) is 23.2 Å². The number of aromatic amines is 1. The molecule has 0 aliphatic rings. The molecule has 2 N–H and O–H groups in total. The molecule has 0 fully saturated rings. The number of carboxylic acid groups (broad SMARTS) is 1. The van der Waals surface area contributed by atoms with E-state index in [-0.39, 0.29) is 48.8 Å². The fourth-order valence-electron chi connectivity index (χ4n) is 2.56. The van der Waals surface area contributed by atoms with Gasteiger partial charge in [-0.3, -0.25) is 9.59 Å². The van der Waals surface area contributed by atoms with Gasteiger partial charge in [0.1, 0.15) is 5.56 Å². The van der Waals surface area contributed by atoms with Crippen LogP contribution in [0.15, 0.2) is 38.5 Å². The summed E-state index contributed by atoms with van der Waals surface area (Å²) in [4.78, 5) is 38.5. The van der Waals surface area contributed by atoms with Gasteiger partial charge >= 0.3 is 5.97 Å². The summed E-state index contributed by atoms with van der Waals surface area (Å²) in [5, 5.41) is 9.07. The van der Waals surface area contributed by atoms with Gasteiger partial charge in [0.25, 0.3) is 0 Å². The van der Waals surface area contributed by atoms with Gasteiger partial charge in [0.2, 0.25) is 16.2 Å². The van der Waals surface area contributed by atoms with E-state index in [4.69, 9.17) is 32.7 Å². The van der Waals surface area contributed by atoms with Gasteiger partial charge in [0.05, 0.1) is 20.9 Å². The van der Waals surface area contributed by atoms with Gasteiger partial charge in [0, 0.05) is 11.2 Å². The third-order valence-corrected chi connectivity index (χ3v) is 5.69. The van der Waals surface area contributed by atoms with Gasteiger partial charge < -0.3 is 19.1 Å². The van der Waals surface area contributed by atoms with Gasteiger partial charge in [0.15, 0.2) is 17.3 Å². The number of carbonyl (C=O) groups is 2. The maximum atomic E-state index is 12.8. The molecule has 2 heterocycles. The normalized spacial score (nSPS) is 12.3. The number of ketones is 1. The van der Waals surface area contributed by atoms with Gasteiger partial charge in [-0.15, -0.1) is 0 Å². The minimum atomic E-state index is -1.91. The summed E-state index contributed by atoms with van der Waals surface area (Å²) in [6.07, 6.45) is 0. The Morgan fingerprint density at radius 1 is 1.22 bits per heavy atom. The topological polar surface area (TPSA) is 123 Å². The molecule has 0 spiro atoms. The monoisotopic (exact) mass is 427 g/mol. The zero-order chi connectivity index (χ0) is 19.9. The SMILES string of the molecule is CC(=O)c1c([S+]([O-])Cc2ccc(C(=O)O)o2)[nH]c2c(Cl)ccc(Cl)c2c1=O. The van der Waals surface area contributed by atoms with Crippen LogP contribution < -0.4 is 5.43 Å². The van der Waals surface area contributed by atoms with Crippen molar-refractivity contribution in [2.45, 2.75) is 17.7 Å². The Labute approximate surface area is 165 Å². The summed E-state index contributed by atoms with van der Waals surface area (Å²) in [6, 6.07) is 5.48. The molecule has 27 heavy (non-hydrogen) atoms. The molecular formula is C17H11Cl2NO6S. The number of carboxylic acids is 1. The molecule has 2 aromatic heterocycles. The predicted molar refractivity (Wildman–Crippen MR) is 100 cm³/mol. The van der Waals surface area contributed by atoms with Gasteiger partial charge in [-0.2, -0.15) is 0 Å². The minimum Gasteiger partial charge on any atom is -0.610 e. The van der Waals surface area contributed by atoms with E-state index in [1.807, 2.05) is 0 Å². The lowest BCUT2D eigenvalue weighted by atomic mass is 10.1. The standard InChI is InChI=1S/C17H11Cl2NO6S/c1-7(21)12-15(22)13-9(18)3-4-10(19)14(13)20-16(12)27(25)6-8-2-5-11(26-8)17(23)24/h2-5H,6H2,1H3,(H,20,22)(H,23,24). The number of aromatic nitrogens is 1. The Balaban J connectivity index is 2.15. The van der Waals surface area contributed by atoms with E-state index in [0.29, 0.717) is 0 Å². The largest absolute Gasteiger partial charge is 0.610 e. The van der Waals surface area contributed by atoms with Crippen LogP contribution in [0.5, 0.6) is 0 Å². The van der Waals surface area contributed by atoms with Crippen LogP contribution in [-0.4, -0.2) is 26.4 Å². The second-order valence-corrected chi connectivity index (χ2v) is 7.76. The molecule has 3 rings (SSSR count). The van der Waals surface area contributed by atoms with E-state index in [1.54, 1.807) is 0 Å². The average molecular weight is 428 g/mol. The highest BCUT2D eigenvalue weighted by Crippen LogP contribution is 2.29. The van der Waals surface area contributed by atoms with Crippen molar-refractivity contribution in [2.24, 2.45) is 0 Å². The molecule has 0 bridgehead atoms. The summed E-state index contributed by atoms with van der Waals surface area (Å²) in [5.74, 6) is -2.29. The number of rotatable bonds is 5. The van der Waals surface area contributed by atoms with Crippen molar-refractivity contribution in [3.05, 3.63) is 61.6 Å². The van der Waals surface area contributed by atoms with Crippen LogP contribution >= 0.6 is 23.2 Å². The third kappa shape index (κ3) is 3.61. The number of furan rings is 1. The second-order valence-electron chi connectivity index (χ2n) is 5.55. The number of hydrogen-bond acceptors (Lipinski definition) is 5. The van der Waals surface area contributed by atoms with Crippen molar-refractivity contribution in [1.29, 1.82) is 0 Å². The summed E-state index contributed by atoms with van der Waals surface area (Å²) in [5.41, 5.74) is -0.819. The summed E-state index contributed by atoms with van der Waals surface area (Å²) < 4.78 is 17.9. The number of Topliss-reactive ketones (excluding diaryl/α,β-unsaturated/α-hetero) is 1. The smallest absolute Gasteiger partial charge is 0.371 e. The molecule has 1 aromatic carbocycles. The van der Waals surface area contributed by atoms with E-state index >= 15 is 0 Å². The van der Waals surface area contributed by atoms with E-state index < -0.39 is 28.4 Å². The maximum absolute atomic E-state index is 12.8. The van der Waals surface area contributed by atoms with Crippen LogP contribution in [0.1, 0.15) is 33.6 Å². The zero-order valence-electron chi connectivity index (χ0n) is 13.7. The summed E-state index contributed by atoms with van der Waals surface area (Å²) in [6.45, 7) is 1.17. The van der Waals surface area contributed by atoms with Crippen molar-refractivity contribution in [1.82, 2.24) is 4.98 Å². The average Bonchev–Trinajstić information content (AvgIpc) is 3.06. The molecule has 7 nitrogen and oxygen atoms in total. The summed E-state index contributed by atoms with van der Waals surface area (Å²) in [7, 11) is 0. The molecule has 0 aliphatic carbocycles. The number of aromatic carboxylic acids is 1. The van der Waals surface area contributed by atoms with Crippen LogP contribution in [0, 0.1) is 0 Å². The molecule has 140 valence electrons. The summed E-state index contributed by atoms with van der Waals surface area (Å²) >= 11 is 10.3. The van der Waals surface area contributed by atoms with Gasteiger partial charge in [-0.05, 0) is 31.2 Å². The van der Waals surface area contributed by atoms with Crippen molar-refractivity contribution < 1.29 is 23.7 Å². The number of fused-ring (bicyclic) bond motifs is 1. The molecule has 1 unspecified atom stereocenters. The van der Waals surface area contributed by atoms with Crippen LogP contribution in [0.3, 0.4) is 0 Å². The van der Waals surface area contributed by atoms with E-state index in [2.05, 4.69) is 4.98 Å². The van der Waals surface area contributed by atoms with Crippen molar-refractivity contribution in [3.8, 4) is 0 Å². The third-order valence-electron chi connectivity index (χ3n) is 3.75. The molecule has 1 atom stereocenters. The highest BCUT2D eigenvalue weighted by molar-refractivity contribution is 7.90. The zero-order valence-corrected chi connectivity index (χ0v) is 16.0. The molecule has 0 saturated heterocycles. The fourth-order valence-corrected chi connectivity index (χ4v) is 4.25. The molecule has 0 amide bonds. The first-order chi connectivity index (χ1) is 12.7. The van der Waals surface area contributed by atoms with Crippen LogP contribution in [0.4, 0.5) is 0 Å². The lowest BCUT2D eigenvalue weighted by Gasteiger charge is -2.14. The first kappa shape index (κ1) is 19.5. The Morgan fingerprint density at radius 3 is 2.48 bits per heavy atom. The van der Waals surface area contributed by atoms with Crippen molar-refractivity contribution in [2.75, 3.05) is 0 Å². The number of hydrogen-bond donors (Lipinski definition) is 2. The maximum Gasteiger partial charge on any atom is 0.371 e. The molecular weight excluding hydrogens is 417 g/mol. The lowest BCUT2D eigenvalue weighted by molar-refractivity contribution is 0.0660. The van der Waals surface area contributed by atoms with E-state index in [0.717, 1.165) is 0 Å². The molecule has 0 aliphatic heterocycles. The minimum absolute atomic E-state index is 0.0290. The first-order valence-corrected chi connectivity index (χ1v) is 9.53. The molecule has 10 heteroatoms. The van der Waals surface area contributed by atoms with E-state index in [1.165, 1.54) is 31.2 Å². The number of H-pyrrole nitrogens is 1. The Kier molecular flexibility index (Phi) is 5.34. The van der Waals surface area contributed by atoms with Crippen molar-refractivity contribution >= 4 is 57.0 Å². The van der Waals surface area contributed by atoms with Crippen LogP contribution in [-0.2, 0) is 16.9 Å². The number of pyridine rings is 1. The van der Waals surface area contributed by atoms with E-state index in [9.17, 15) is 18.9 Å². The fraction of sp³-hybridized carbons (Fsp3) is 0.118. The van der Waals surface area contributed by atoms with Gasteiger partial charge in [-0.25, -0.2) is 4.79 Å². The first-order valence-electron chi connectivity index (χ1n) is 7.46.